The minimum Gasteiger partial charge on any atom is -0.354 e. The van der Waals surface area contributed by atoms with E-state index in [1.54, 1.807) is 24.3 Å². The topological polar surface area (TPSA) is 86.8 Å². The molecule has 12 heteroatoms. The van der Waals surface area contributed by atoms with Crippen molar-refractivity contribution < 1.29 is 31.2 Å². The maximum atomic E-state index is 14.1. The van der Waals surface area contributed by atoms with Crippen LogP contribution >= 0.6 is 11.6 Å². The second kappa shape index (κ2) is 14.3. The Morgan fingerprint density at radius 2 is 1.60 bits per heavy atom. The number of anilines is 1. The first-order valence-electron chi connectivity index (χ1n) is 13.6. The first-order chi connectivity index (χ1) is 20.1. The molecule has 0 aliphatic carbocycles. The third-order valence-electron chi connectivity index (χ3n) is 6.61. The molecule has 232 valence electrons. The van der Waals surface area contributed by atoms with Crippen LogP contribution in [0.25, 0.3) is 0 Å². The molecular formula is C31H35ClF3N3O4S. The van der Waals surface area contributed by atoms with E-state index in [0.29, 0.717) is 22.5 Å². The molecule has 2 amide bonds. The number of benzene rings is 3. The van der Waals surface area contributed by atoms with E-state index in [1.165, 1.54) is 4.90 Å². The van der Waals surface area contributed by atoms with Crippen LogP contribution in [0.4, 0.5) is 18.9 Å². The van der Waals surface area contributed by atoms with Crippen LogP contribution in [0, 0.1) is 12.8 Å². The molecule has 0 spiro atoms. The van der Waals surface area contributed by atoms with E-state index >= 15 is 0 Å². The van der Waals surface area contributed by atoms with Crippen molar-refractivity contribution in [3.63, 3.8) is 0 Å². The van der Waals surface area contributed by atoms with Crippen LogP contribution in [0.2, 0.25) is 5.02 Å². The zero-order valence-electron chi connectivity index (χ0n) is 24.4. The van der Waals surface area contributed by atoms with E-state index in [-0.39, 0.29) is 23.9 Å². The second-order valence-corrected chi connectivity index (χ2v) is 13.1. The van der Waals surface area contributed by atoms with Gasteiger partial charge in [-0.15, -0.1) is 0 Å². The van der Waals surface area contributed by atoms with Gasteiger partial charge in [0.2, 0.25) is 21.8 Å². The number of aryl methyl sites for hydroxylation is 1. The number of halogens is 4. The summed E-state index contributed by atoms with van der Waals surface area (Å²) in [5, 5.41) is 2.59. The zero-order valence-corrected chi connectivity index (χ0v) is 25.9. The van der Waals surface area contributed by atoms with Crippen molar-refractivity contribution in [3.05, 3.63) is 100 Å². The SMILES string of the molecule is Cc1cccc(CN(C(=O)CN(c2cc(C(F)(F)F)ccc2Cl)S(C)(=O)=O)[C@@H](Cc2ccccc2)C(=O)NCC(C)C)c1. The van der Waals surface area contributed by atoms with Crippen LogP contribution in [0.1, 0.15) is 36.1 Å². The number of rotatable bonds is 12. The summed E-state index contributed by atoms with van der Waals surface area (Å²) in [6, 6.07) is 17.5. The summed E-state index contributed by atoms with van der Waals surface area (Å²) in [5.41, 5.74) is 0.731. The predicted molar refractivity (Wildman–Crippen MR) is 162 cm³/mol. The molecule has 1 atom stereocenters. The largest absolute Gasteiger partial charge is 0.416 e. The summed E-state index contributed by atoms with van der Waals surface area (Å²) in [6.45, 7) is 5.12. The van der Waals surface area contributed by atoms with Crippen molar-refractivity contribution in [3.8, 4) is 0 Å². The molecule has 3 rings (SSSR count). The number of alkyl halides is 3. The highest BCUT2D eigenvalue weighted by Crippen LogP contribution is 2.36. The number of nitrogens with zero attached hydrogens (tertiary/aromatic N) is 2. The van der Waals surface area contributed by atoms with Gasteiger partial charge < -0.3 is 10.2 Å². The fourth-order valence-corrected chi connectivity index (χ4v) is 5.58. The van der Waals surface area contributed by atoms with Gasteiger partial charge >= 0.3 is 6.18 Å². The standard InChI is InChI=1S/C31H35ClF3N3O4S/c1-21(2)18-36-30(40)28(16-23-10-6-5-7-11-23)37(19-24-12-8-9-22(3)15-24)29(39)20-38(43(4,41)42)27-17-25(31(33,34)35)13-14-26(27)32/h5-15,17,21,28H,16,18-20H2,1-4H3,(H,36,40)/t28-/m0/s1. The lowest BCUT2D eigenvalue weighted by molar-refractivity contribution is -0.140. The number of carbonyl (C=O) groups excluding carboxylic acids is 2. The first kappa shape index (κ1) is 33.9. The maximum Gasteiger partial charge on any atom is 0.416 e. The molecule has 1 N–H and O–H groups in total. The van der Waals surface area contributed by atoms with Gasteiger partial charge in [-0.1, -0.05) is 85.6 Å². The van der Waals surface area contributed by atoms with Crippen LogP contribution in [0.5, 0.6) is 0 Å². The molecule has 0 radical (unpaired) electrons. The van der Waals surface area contributed by atoms with Gasteiger partial charge in [-0.25, -0.2) is 8.42 Å². The van der Waals surface area contributed by atoms with E-state index in [4.69, 9.17) is 11.6 Å². The molecule has 7 nitrogen and oxygen atoms in total. The number of carbonyl (C=O) groups is 2. The van der Waals surface area contributed by atoms with Gasteiger partial charge in [0.25, 0.3) is 0 Å². The number of hydrogen-bond donors (Lipinski definition) is 1. The summed E-state index contributed by atoms with van der Waals surface area (Å²) < 4.78 is 66.9. The lowest BCUT2D eigenvalue weighted by Crippen LogP contribution is -2.53. The first-order valence-corrected chi connectivity index (χ1v) is 15.8. The van der Waals surface area contributed by atoms with Gasteiger partial charge in [0.05, 0.1) is 22.5 Å². The van der Waals surface area contributed by atoms with Crippen LogP contribution in [-0.4, -0.2) is 50.5 Å². The quantitative estimate of drug-likeness (QED) is 0.270. The van der Waals surface area contributed by atoms with E-state index in [0.717, 1.165) is 29.5 Å². The fourth-order valence-electron chi connectivity index (χ4n) is 4.46. The van der Waals surface area contributed by atoms with Gasteiger partial charge in [-0.3, -0.25) is 13.9 Å². The highest BCUT2D eigenvalue weighted by molar-refractivity contribution is 7.92. The molecule has 0 heterocycles. The highest BCUT2D eigenvalue weighted by atomic mass is 35.5. The summed E-state index contributed by atoms with van der Waals surface area (Å²) in [4.78, 5) is 29.0. The van der Waals surface area contributed by atoms with E-state index in [2.05, 4.69) is 5.32 Å². The summed E-state index contributed by atoms with van der Waals surface area (Å²) in [7, 11) is -4.30. The van der Waals surface area contributed by atoms with Gasteiger partial charge in [-0.2, -0.15) is 13.2 Å². The Kier molecular flexibility index (Phi) is 11.3. The third-order valence-corrected chi connectivity index (χ3v) is 8.06. The Hall–Kier alpha value is -3.57. The van der Waals surface area contributed by atoms with Crippen molar-refractivity contribution in [2.75, 3.05) is 23.7 Å². The second-order valence-electron chi connectivity index (χ2n) is 10.8. The lowest BCUT2D eigenvalue weighted by Gasteiger charge is -2.34. The van der Waals surface area contributed by atoms with E-state index in [9.17, 15) is 31.2 Å². The molecule has 0 saturated heterocycles. The Morgan fingerprint density at radius 1 is 0.953 bits per heavy atom. The van der Waals surface area contributed by atoms with Crippen molar-refractivity contribution in [1.29, 1.82) is 0 Å². The molecule has 0 fully saturated rings. The normalized spacial score (nSPS) is 12.6. The Labute approximate surface area is 255 Å². The highest BCUT2D eigenvalue weighted by Gasteiger charge is 2.36. The van der Waals surface area contributed by atoms with Crippen LogP contribution < -0.4 is 9.62 Å². The number of nitrogens with one attached hydrogen (secondary N) is 1. The molecule has 0 aliphatic heterocycles. The van der Waals surface area contributed by atoms with Crippen LogP contribution in [0.15, 0.2) is 72.8 Å². The predicted octanol–water partition coefficient (Wildman–Crippen LogP) is 5.85. The Balaban J connectivity index is 2.11. The minimum absolute atomic E-state index is 0.0545. The Bertz CT molecular complexity index is 1530. The molecule has 0 saturated carbocycles. The van der Waals surface area contributed by atoms with Gasteiger partial charge in [0, 0.05) is 19.5 Å². The molecule has 3 aromatic rings. The number of amides is 2. The molecule has 0 aliphatic rings. The van der Waals surface area contributed by atoms with E-state index in [1.807, 2.05) is 51.1 Å². The van der Waals surface area contributed by atoms with Gasteiger partial charge in [0.15, 0.2) is 0 Å². The maximum absolute atomic E-state index is 14.1. The molecule has 3 aromatic carbocycles. The number of sulfonamides is 1. The average molecular weight is 638 g/mol. The van der Waals surface area contributed by atoms with E-state index < -0.39 is 51.9 Å². The van der Waals surface area contributed by atoms with Crippen molar-refractivity contribution in [2.45, 2.75) is 46.0 Å². The monoisotopic (exact) mass is 637 g/mol. The summed E-state index contributed by atoms with van der Waals surface area (Å²) in [5.74, 6) is -1.12. The smallest absolute Gasteiger partial charge is 0.354 e. The minimum atomic E-state index is -4.78. The summed E-state index contributed by atoms with van der Waals surface area (Å²) >= 11 is 6.19. The molecule has 0 aromatic heterocycles. The van der Waals surface area contributed by atoms with Crippen molar-refractivity contribution >= 4 is 39.1 Å². The van der Waals surface area contributed by atoms with Crippen molar-refractivity contribution in [1.82, 2.24) is 10.2 Å². The van der Waals surface area contributed by atoms with Gasteiger partial charge in [-0.05, 0) is 42.2 Å². The van der Waals surface area contributed by atoms with Gasteiger partial charge in [0.1, 0.15) is 12.6 Å². The molecule has 43 heavy (non-hydrogen) atoms. The third kappa shape index (κ3) is 9.72. The lowest BCUT2D eigenvalue weighted by atomic mass is 10.0. The van der Waals surface area contributed by atoms with Crippen LogP contribution in [-0.2, 0) is 38.8 Å². The molecule has 0 bridgehead atoms. The Morgan fingerprint density at radius 3 is 2.19 bits per heavy atom. The molecule has 0 unspecified atom stereocenters. The zero-order chi connectivity index (χ0) is 31.9. The average Bonchev–Trinajstić information content (AvgIpc) is 2.92. The molecular weight excluding hydrogens is 603 g/mol. The van der Waals surface area contributed by atoms with Crippen molar-refractivity contribution in [2.24, 2.45) is 5.92 Å². The number of hydrogen-bond acceptors (Lipinski definition) is 4. The van der Waals surface area contributed by atoms with Crippen LogP contribution in [0.3, 0.4) is 0 Å². The fraction of sp³-hybridized carbons (Fsp3) is 0.355. The summed E-state index contributed by atoms with van der Waals surface area (Å²) in [6.07, 6.45) is -3.89.